The number of amides is 8. The molecule has 0 atom stereocenters. The quantitative estimate of drug-likeness (QED) is 0.00786. The Morgan fingerprint density at radius 1 is 0.433 bits per heavy atom. The molecule has 34 heteroatoms. The van der Waals surface area contributed by atoms with Crippen LogP contribution < -0.4 is 62.2 Å². The average molecular weight is 2080 g/mol. The molecule has 0 unspecified atom stereocenters. The number of hydrogen-bond donors (Lipinski definition) is 14. The molecule has 150 heavy (non-hydrogen) atoms. The average Bonchev–Trinajstić information content (AvgIpc) is 1.41. The van der Waals surface area contributed by atoms with E-state index >= 15 is 0 Å². The minimum absolute atomic E-state index is 0.0436. The number of anilines is 2. The van der Waals surface area contributed by atoms with E-state index in [0.29, 0.717) is 96.6 Å². The number of nitrogens with one attached hydrogen (secondary N) is 7. The lowest BCUT2D eigenvalue weighted by Gasteiger charge is -2.57. The van der Waals surface area contributed by atoms with Crippen LogP contribution in [0, 0.1) is 46.3 Å². The maximum Gasteiger partial charge on any atom is 0.274 e. The number of phenolic OH excluding ortho intramolecular Hbond substituents is 1. The smallest absolute Gasteiger partial charge is 0.274 e. The molecule has 2 aromatic heterocycles. The first-order valence-corrected chi connectivity index (χ1v) is 53.2. The summed E-state index contributed by atoms with van der Waals surface area (Å²) in [5.74, 6) is 4.79. The van der Waals surface area contributed by atoms with E-state index in [1.165, 1.54) is 143 Å². The fourth-order valence-corrected chi connectivity index (χ4v) is 26.1. The fourth-order valence-electron chi connectivity index (χ4n) is 23.5. The van der Waals surface area contributed by atoms with Crippen LogP contribution in [-0.4, -0.2) is 161 Å². The summed E-state index contributed by atoms with van der Waals surface area (Å²) in [6.45, 7) is 6.46. The van der Waals surface area contributed by atoms with Gasteiger partial charge in [-0.05, 0) is 334 Å². The van der Waals surface area contributed by atoms with E-state index < -0.39 is 45.3 Å². The summed E-state index contributed by atoms with van der Waals surface area (Å²) < 4.78 is 46.1. The summed E-state index contributed by atoms with van der Waals surface area (Å²) in [5.41, 5.74) is 22.1. The van der Waals surface area contributed by atoms with Gasteiger partial charge in [0.1, 0.15) is 23.0 Å². The van der Waals surface area contributed by atoms with Crippen molar-refractivity contribution in [2.24, 2.45) is 46.3 Å². The summed E-state index contributed by atoms with van der Waals surface area (Å²) in [7, 11) is 3.06. The van der Waals surface area contributed by atoms with Crippen molar-refractivity contribution in [1.29, 1.82) is 0 Å². The van der Waals surface area contributed by atoms with Gasteiger partial charge in [-0.25, -0.2) is 41.3 Å². The number of hydrogen-bond acceptors (Lipinski definition) is 23. The van der Waals surface area contributed by atoms with Crippen molar-refractivity contribution in [3.63, 3.8) is 0 Å². The van der Waals surface area contributed by atoms with Crippen molar-refractivity contribution in [3.8, 4) is 23.0 Å². The number of phenols is 1. The Balaban J connectivity index is 0.000000135. The first-order valence-electron chi connectivity index (χ1n) is 50.9. The Morgan fingerprint density at radius 2 is 0.867 bits per heavy atom. The lowest BCUT2D eigenvalue weighted by Crippen LogP contribution is -2.50. The van der Waals surface area contributed by atoms with Gasteiger partial charge in [-0.2, -0.15) is 0 Å². The Morgan fingerprint density at radius 3 is 1.35 bits per heavy atom. The lowest BCUT2D eigenvalue weighted by molar-refractivity contribution is -0.130. The minimum Gasteiger partial charge on any atom is -0.508 e. The zero-order valence-electron chi connectivity index (χ0n) is 84.7. The number of rotatable bonds is 33. The molecule has 0 saturated heterocycles. The highest BCUT2D eigenvalue weighted by molar-refractivity contribution is 7.99. The molecule has 8 aliphatic carbocycles. The van der Waals surface area contributed by atoms with Gasteiger partial charge in [0.05, 0.1) is 53.6 Å². The predicted molar refractivity (Wildman–Crippen MR) is 570 cm³/mol. The molecular weight excluding hydrogens is 1950 g/mol. The number of ether oxygens (including phenoxy) is 3. The van der Waals surface area contributed by atoms with Crippen molar-refractivity contribution < 1.29 is 97.3 Å². The first kappa shape index (κ1) is 110. The van der Waals surface area contributed by atoms with Gasteiger partial charge in [-0.1, -0.05) is 134 Å². The number of hydroxylamine groups is 6. The van der Waals surface area contributed by atoms with Crippen LogP contribution in [0.4, 0.5) is 11.4 Å². The predicted octanol–water partition coefficient (Wildman–Crippen LogP) is 19.1. The molecule has 10 aromatic carbocycles. The van der Waals surface area contributed by atoms with Crippen molar-refractivity contribution >= 4 is 114 Å². The zero-order valence-corrected chi connectivity index (χ0v) is 86.3. The SMILES string of the molecule is CN(Cc1ccc(/C=C/C(=O)NO)cc1)CC12CC3CC(CC(C3)C1)C2.COc1ccc(Cn2ccc3ccc(C(=O)NO)cc32)cc1.COc1ccc2c(c1)C(=O)N(CCCCCC(=O)NO)c1ccccc1S2.COc1ccc2c(c1)C(=O)N(CCCCCC(=O)NO)c1ccccc1S2(=O)=O.O=C(/C=C/c1ccc(CNCC23CC4CC(CC(C4)C2)C3)cc1)NO.O=C(NO)c1ccc2ccn(Cc3ccc(O)cc3)c2c1. The second-order valence-corrected chi connectivity index (χ2v) is 43.4. The van der Waals surface area contributed by atoms with Gasteiger partial charge in [0.2, 0.25) is 21.7 Å². The molecule has 8 saturated carbocycles. The number of aromatic hydroxyl groups is 1. The van der Waals surface area contributed by atoms with Gasteiger partial charge in [-0.15, -0.1) is 0 Å². The van der Waals surface area contributed by atoms with Crippen LogP contribution >= 0.6 is 11.8 Å². The molecule has 14 N–H and O–H groups in total. The fraction of sp³-hybridized carbons (Fsp3) is 0.345. The van der Waals surface area contributed by atoms with E-state index in [0.717, 1.165) is 133 Å². The van der Waals surface area contributed by atoms with Gasteiger partial charge in [-0.3, -0.25) is 69.6 Å². The van der Waals surface area contributed by atoms with Crippen molar-refractivity contribution in [3.05, 3.63) is 311 Å². The van der Waals surface area contributed by atoms with Gasteiger partial charge in [0.15, 0.2) is 0 Å². The van der Waals surface area contributed by atoms with E-state index in [4.69, 9.17) is 45.5 Å². The standard InChI is InChI=1S/C22H30N2O2.C21H28N2O2.C20H22N2O6S.C20H22N2O4S.C17H16N2O3.C16H14N2O3/c1-24(14-17-4-2-16(3-5-17)6-7-21(25)23-26)15-22-11-18-8-19(12-22)10-20(9-18)13-22;24-20(23-25)6-5-15-1-3-16(4-2-15)13-22-14-21-10-17-7-18(11-21)9-19(8-17)12-21;1-28-14-10-11-17-15(13-14)20(24)22(12-6-2-3-9-19(23)21-25)16-7-4-5-8-18(16)29(17,26)27;1-26-14-10-11-17-15(13-14)20(24)22(12-6-2-3-9-19(23)21-25)16-7-4-5-8-18(16)27-17;1-22-15-6-2-12(3-7-15)11-19-9-8-13-4-5-14(10-16(13)19)17(20)18-21;19-14-5-1-11(2-6-14)10-18-8-7-12-3-4-13(9-15(12)18)16(20)17-21/h2-7,18-20,26H,8-15H2,1H3,(H,23,25);1-6,17-19,22,25H,7-14H2,(H,23,24);4-5,7-8,10-11,13,25H,2-3,6,9,12H2,1H3,(H,21,23);4-5,7-8,10-11,13,25H,2-3,6,9,12H2,1H3,(H,21,23);2-10,21H,11H2,1H3,(H,18,20);1-9,19,21H,10H2,(H,17,20)/b7-6+;6-5+;;;;. The second-order valence-electron chi connectivity index (χ2n) is 40.4. The van der Waals surface area contributed by atoms with Crippen LogP contribution in [0.15, 0.2) is 275 Å². The van der Waals surface area contributed by atoms with E-state index in [1.54, 1.807) is 137 Å². The Hall–Kier alpha value is -14.3. The van der Waals surface area contributed by atoms with E-state index in [1.807, 2.05) is 138 Å². The molecule has 12 aromatic rings. The highest BCUT2D eigenvalue weighted by Crippen LogP contribution is 2.62. The summed E-state index contributed by atoms with van der Waals surface area (Å²) in [4.78, 5) is 102. The lowest BCUT2D eigenvalue weighted by atomic mass is 9.49. The van der Waals surface area contributed by atoms with Crippen LogP contribution in [0.25, 0.3) is 34.0 Å². The van der Waals surface area contributed by atoms with E-state index in [2.05, 4.69) is 46.1 Å². The number of methoxy groups -OCH3 is 3. The van der Waals surface area contributed by atoms with Crippen LogP contribution in [0.2, 0.25) is 0 Å². The summed E-state index contributed by atoms with van der Waals surface area (Å²) in [6, 6.07) is 70.2. The number of para-hydroxylation sites is 2. The van der Waals surface area contributed by atoms with Crippen molar-refractivity contribution in [2.45, 2.75) is 174 Å². The molecule has 8 amide bonds. The minimum atomic E-state index is -3.88. The molecule has 32 nitrogen and oxygen atoms in total. The van der Waals surface area contributed by atoms with Crippen LogP contribution in [0.5, 0.6) is 23.0 Å². The second kappa shape index (κ2) is 51.8. The van der Waals surface area contributed by atoms with E-state index in [9.17, 15) is 51.9 Å². The maximum absolute atomic E-state index is 13.3. The molecule has 4 heterocycles. The Labute approximate surface area is 877 Å². The summed E-state index contributed by atoms with van der Waals surface area (Å²) in [6.07, 6.45) is 32.1. The van der Waals surface area contributed by atoms with E-state index in [-0.39, 0.29) is 45.8 Å². The maximum atomic E-state index is 13.3. The Bertz CT molecular complexity index is 6840. The van der Waals surface area contributed by atoms with Crippen LogP contribution in [0.1, 0.15) is 203 Å². The molecule has 10 aliphatic rings. The van der Waals surface area contributed by atoms with Gasteiger partial charge in [0.25, 0.3) is 35.4 Å². The number of nitrogens with zero attached hydrogens (tertiary/aromatic N) is 5. The monoisotopic (exact) mass is 2080 g/mol. The third-order valence-electron chi connectivity index (χ3n) is 29.6. The highest BCUT2D eigenvalue weighted by atomic mass is 32.2. The van der Waals surface area contributed by atoms with Gasteiger partial charge >= 0.3 is 0 Å². The topological polar surface area (TPSA) is 444 Å². The Kier molecular flexibility index (Phi) is 37.9. The van der Waals surface area contributed by atoms with Gasteiger partial charge < -0.3 is 48.5 Å². The molecule has 8 fully saturated rings. The molecule has 22 rings (SSSR count). The molecular formula is C116H132N12O20S2. The van der Waals surface area contributed by atoms with Crippen LogP contribution in [0.3, 0.4) is 0 Å². The molecule has 8 bridgehead atoms. The number of benzene rings is 10. The molecule has 788 valence electrons. The van der Waals surface area contributed by atoms with Crippen LogP contribution in [-0.2, 0) is 55.2 Å². The zero-order chi connectivity index (χ0) is 106. The number of unbranched alkanes of at least 4 members (excludes halogenated alkanes) is 4. The largest absolute Gasteiger partial charge is 0.508 e. The first-order chi connectivity index (χ1) is 72.6. The number of sulfone groups is 1. The molecule has 0 radical (unpaired) electrons. The number of carbonyl (C=O) groups is 8. The van der Waals surface area contributed by atoms with Crippen molar-refractivity contribution in [1.82, 2.24) is 52.2 Å². The highest BCUT2D eigenvalue weighted by Gasteiger charge is 2.52. The number of carbonyl (C=O) groups excluding carboxylic acids is 8. The van der Waals surface area contributed by atoms with Gasteiger partial charge in [0, 0.05) is 122 Å². The molecule has 0 spiro atoms. The summed E-state index contributed by atoms with van der Waals surface area (Å²) >= 11 is 1.58. The summed E-state index contributed by atoms with van der Waals surface area (Å²) in [5, 5.41) is 66.6. The number of fused-ring (bicyclic) bond motifs is 6. The molecule has 2 aliphatic heterocycles. The van der Waals surface area contributed by atoms with Crippen molar-refractivity contribution in [2.75, 3.05) is 64.4 Å². The third-order valence-corrected chi connectivity index (χ3v) is 32.6. The number of aromatic nitrogens is 2. The normalized spacial score (nSPS) is 19.3. The third kappa shape index (κ3) is 28.4.